The molecule has 2 aromatic carbocycles. The number of halogens is 1. The molecule has 0 spiro atoms. The zero-order chi connectivity index (χ0) is 18.9. The van der Waals surface area contributed by atoms with E-state index in [-0.39, 0.29) is 12.3 Å². The summed E-state index contributed by atoms with van der Waals surface area (Å²) in [6, 6.07) is 12.0. The molecule has 0 saturated heterocycles. The van der Waals surface area contributed by atoms with Crippen LogP contribution in [0.4, 0.5) is 5.69 Å². The summed E-state index contributed by atoms with van der Waals surface area (Å²) in [4.78, 5) is 10.4. The average molecular weight is 484 g/mol. The van der Waals surface area contributed by atoms with Crippen LogP contribution in [0.15, 0.2) is 47.6 Å². The second-order valence-corrected chi connectivity index (χ2v) is 6.71. The number of hydrogen-bond donors (Lipinski definition) is 2. The van der Waals surface area contributed by atoms with Crippen LogP contribution in [-0.4, -0.2) is 22.8 Å². The summed E-state index contributed by atoms with van der Waals surface area (Å²) in [5, 5.41) is 18.3. The normalized spacial score (nSPS) is 10.5. The van der Waals surface area contributed by atoms with Crippen molar-refractivity contribution in [1.29, 1.82) is 0 Å². The van der Waals surface area contributed by atoms with Crippen LogP contribution in [0.3, 0.4) is 0 Å². The molecule has 0 radical (unpaired) electrons. The van der Waals surface area contributed by atoms with Crippen molar-refractivity contribution in [2.75, 3.05) is 6.54 Å². The third kappa shape index (κ3) is 6.23. The molecule has 0 amide bonds. The molecule has 136 valence electrons. The first-order chi connectivity index (χ1) is 12.5. The first kappa shape index (κ1) is 20.0. The second kappa shape index (κ2) is 10.0. The number of hydrazone groups is 1. The van der Waals surface area contributed by atoms with E-state index in [0.29, 0.717) is 10.9 Å². The minimum absolute atomic E-state index is 0.0512. The summed E-state index contributed by atoms with van der Waals surface area (Å²) in [5.74, 6) is 0.699. The van der Waals surface area contributed by atoms with E-state index in [4.69, 9.17) is 17.0 Å². The van der Waals surface area contributed by atoms with Crippen molar-refractivity contribution in [3.63, 3.8) is 0 Å². The topological polar surface area (TPSA) is 88.8 Å². The lowest BCUT2D eigenvalue weighted by molar-refractivity contribution is -0.384. The van der Waals surface area contributed by atoms with E-state index in [2.05, 4.69) is 38.4 Å². The van der Waals surface area contributed by atoms with E-state index in [0.717, 1.165) is 21.2 Å². The lowest BCUT2D eigenvalue weighted by Gasteiger charge is -2.09. The maximum atomic E-state index is 10.8. The van der Waals surface area contributed by atoms with Crippen molar-refractivity contribution >= 4 is 51.8 Å². The highest BCUT2D eigenvalue weighted by atomic mass is 127. The summed E-state index contributed by atoms with van der Waals surface area (Å²) < 4.78 is 6.67. The smallest absolute Gasteiger partial charge is 0.269 e. The van der Waals surface area contributed by atoms with Crippen LogP contribution in [0.2, 0.25) is 0 Å². The minimum atomic E-state index is -0.420. The number of nitro benzene ring substituents is 1. The molecular formula is C17H17IN4O3S. The zero-order valence-corrected chi connectivity index (χ0v) is 16.9. The van der Waals surface area contributed by atoms with Crippen LogP contribution in [0.1, 0.15) is 18.1 Å². The molecule has 7 nitrogen and oxygen atoms in total. The van der Waals surface area contributed by atoms with Gasteiger partial charge in [-0.25, -0.2) is 0 Å². The lowest BCUT2D eigenvalue weighted by Crippen LogP contribution is -2.31. The van der Waals surface area contributed by atoms with Gasteiger partial charge in [0.15, 0.2) is 5.11 Å². The molecule has 0 aliphatic rings. The minimum Gasteiger partial charge on any atom is -0.488 e. The first-order valence-electron chi connectivity index (χ1n) is 7.72. The van der Waals surface area contributed by atoms with E-state index in [1.54, 1.807) is 18.3 Å². The van der Waals surface area contributed by atoms with Gasteiger partial charge in [0, 0.05) is 18.7 Å². The third-order valence-electron chi connectivity index (χ3n) is 3.19. The number of benzene rings is 2. The van der Waals surface area contributed by atoms with Crippen molar-refractivity contribution in [1.82, 2.24) is 10.7 Å². The standard InChI is InChI=1S/C17H17IN4O3S/c1-2-19-17(26)21-20-10-12-6-7-16(15(18)9-12)25-11-13-4-3-5-14(8-13)22(23)24/h3-10H,2,11H2,1H3,(H2,19,21,26). The Morgan fingerprint density at radius 3 is 2.88 bits per heavy atom. The summed E-state index contributed by atoms with van der Waals surface area (Å²) in [7, 11) is 0. The van der Waals surface area contributed by atoms with Gasteiger partial charge in [-0.3, -0.25) is 15.5 Å². The molecule has 0 aliphatic heterocycles. The highest BCUT2D eigenvalue weighted by Crippen LogP contribution is 2.23. The molecule has 0 aromatic heterocycles. The molecule has 9 heteroatoms. The molecule has 0 heterocycles. The Labute approximate surface area is 170 Å². The van der Waals surface area contributed by atoms with Gasteiger partial charge in [0.05, 0.1) is 14.7 Å². The summed E-state index contributed by atoms with van der Waals surface area (Å²) in [6.07, 6.45) is 1.66. The van der Waals surface area contributed by atoms with Crippen LogP contribution >= 0.6 is 34.8 Å². The monoisotopic (exact) mass is 484 g/mol. The fourth-order valence-corrected chi connectivity index (χ4v) is 2.89. The molecular weight excluding hydrogens is 467 g/mol. The van der Waals surface area contributed by atoms with Crippen LogP contribution in [0.25, 0.3) is 0 Å². The van der Waals surface area contributed by atoms with E-state index >= 15 is 0 Å². The van der Waals surface area contributed by atoms with Gasteiger partial charge >= 0.3 is 0 Å². The molecule has 26 heavy (non-hydrogen) atoms. The number of nitrogens with zero attached hydrogens (tertiary/aromatic N) is 2. The number of thiocarbonyl (C=S) groups is 1. The fourth-order valence-electron chi connectivity index (χ4n) is 2.00. The Kier molecular flexibility index (Phi) is 7.73. The van der Waals surface area contributed by atoms with Crippen molar-refractivity contribution in [3.05, 3.63) is 67.3 Å². The van der Waals surface area contributed by atoms with Gasteiger partial charge < -0.3 is 10.1 Å². The first-order valence-corrected chi connectivity index (χ1v) is 9.21. The number of ether oxygens (including phenoxy) is 1. The molecule has 0 atom stereocenters. The Morgan fingerprint density at radius 2 is 2.19 bits per heavy atom. The maximum Gasteiger partial charge on any atom is 0.269 e. The van der Waals surface area contributed by atoms with Crippen LogP contribution < -0.4 is 15.5 Å². The largest absolute Gasteiger partial charge is 0.488 e. The van der Waals surface area contributed by atoms with Gasteiger partial charge in [-0.05, 0) is 71.1 Å². The van der Waals surface area contributed by atoms with Gasteiger partial charge in [0.1, 0.15) is 12.4 Å². The Balaban J connectivity index is 1.97. The van der Waals surface area contributed by atoms with Crippen molar-refractivity contribution in [2.45, 2.75) is 13.5 Å². The summed E-state index contributed by atoms with van der Waals surface area (Å²) >= 11 is 7.19. The average Bonchev–Trinajstić information content (AvgIpc) is 2.61. The molecule has 0 saturated carbocycles. The summed E-state index contributed by atoms with van der Waals surface area (Å²) in [6.45, 7) is 2.94. The molecule has 0 unspecified atom stereocenters. The Bertz CT molecular complexity index is 829. The van der Waals surface area contributed by atoms with Crippen LogP contribution in [-0.2, 0) is 6.61 Å². The maximum absolute atomic E-state index is 10.8. The van der Waals surface area contributed by atoms with E-state index in [9.17, 15) is 10.1 Å². The summed E-state index contributed by atoms with van der Waals surface area (Å²) in [5.41, 5.74) is 4.41. The number of hydrogen-bond acceptors (Lipinski definition) is 5. The second-order valence-electron chi connectivity index (χ2n) is 5.14. The number of rotatable bonds is 7. The molecule has 2 rings (SSSR count). The van der Waals surface area contributed by atoms with Crippen LogP contribution in [0.5, 0.6) is 5.75 Å². The van der Waals surface area contributed by atoms with Crippen molar-refractivity contribution in [3.8, 4) is 5.75 Å². The molecule has 0 fully saturated rings. The van der Waals surface area contributed by atoms with Gasteiger partial charge in [0.2, 0.25) is 0 Å². The Hall–Kier alpha value is -2.27. The molecule has 0 bridgehead atoms. The van der Waals surface area contributed by atoms with Gasteiger partial charge in [-0.1, -0.05) is 12.1 Å². The SMILES string of the molecule is CCNC(=S)NN=Cc1ccc(OCc2cccc([N+](=O)[O-])c2)c(I)c1. The van der Waals surface area contributed by atoms with Gasteiger partial charge in [0.25, 0.3) is 5.69 Å². The highest BCUT2D eigenvalue weighted by Gasteiger charge is 2.07. The van der Waals surface area contributed by atoms with Crippen molar-refractivity contribution in [2.24, 2.45) is 5.10 Å². The number of nitrogens with one attached hydrogen (secondary N) is 2. The predicted molar refractivity (Wildman–Crippen MR) is 114 cm³/mol. The van der Waals surface area contributed by atoms with Crippen molar-refractivity contribution < 1.29 is 9.66 Å². The highest BCUT2D eigenvalue weighted by molar-refractivity contribution is 14.1. The quantitative estimate of drug-likeness (QED) is 0.205. The number of nitro groups is 1. The van der Waals surface area contributed by atoms with E-state index < -0.39 is 4.92 Å². The van der Waals surface area contributed by atoms with Gasteiger partial charge in [-0.15, -0.1) is 0 Å². The van der Waals surface area contributed by atoms with E-state index in [1.165, 1.54) is 12.1 Å². The van der Waals surface area contributed by atoms with Crippen LogP contribution in [0, 0.1) is 13.7 Å². The zero-order valence-electron chi connectivity index (χ0n) is 13.9. The molecule has 0 aliphatic carbocycles. The fraction of sp³-hybridized carbons (Fsp3) is 0.176. The third-order valence-corrected chi connectivity index (χ3v) is 4.27. The molecule has 2 aromatic rings. The van der Waals surface area contributed by atoms with E-state index in [1.807, 2.05) is 25.1 Å². The van der Waals surface area contributed by atoms with Gasteiger partial charge in [-0.2, -0.15) is 5.10 Å². The Morgan fingerprint density at radius 1 is 1.38 bits per heavy atom. The lowest BCUT2D eigenvalue weighted by atomic mass is 10.2. The predicted octanol–water partition coefficient (Wildman–Crippen LogP) is 3.60. The number of non-ortho nitro benzene ring substituents is 1. The molecule has 2 N–H and O–H groups in total.